The summed E-state index contributed by atoms with van der Waals surface area (Å²) in [5.41, 5.74) is 7.34. The van der Waals surface area contributed by atoms with Gasteiger partial charge in [0.15, 0.2) is 10.9 Å². The highest BCUT2D eigenvalue weighted by molar-refractivity contribution is 9.10. The topological polar surface area (TPSA) is 48.1 Å². The number of ether oxygens (including phenoxy) is 1. The summed E-state index contributed by atoms with van der Waals surface area (Å²) in [5, 5.41) is 0.408. The summed E-state index contributed by atoms with van der Waals surface area (Å²) in [4.78, 5) is 4.31. The van der Waals surface area contributed by atoms with Gasteiger partial charge in [0.05, 0.1) is 6.61 Å². The van der Waals surface area contributed by atoms with Crippen molar-refractivity contribution in [1.82, 2.24) is 4.98 Å². The molecule has 5 heteroatoms. The standard InChI is InChI=1S/C15H22BrClN2O/c1-15(2,3)12(18)7-10-6-11(14(17)19-13(10)16)20-8-9-4-5-9/h6,9,12H,4-5,7-8,18H2,1-3H3. The van der Waals surface area contributed by atoms with Gasteiger partial charge in [-0.15, -0.1) is 0 Å². The van der Waals surface area contributed by atoms with Crippen LogP contribution in [0, 0.1) is 11.3 Å². The molecule has 2 N–H and O–H groups in total. The van der Waals surface area contributed by atoms with Gasteiger partial charge in [-0.2, -0.15) is 0 Å². The van der Waals surface area contributed by atoms with E-state index in [2.05, 4.69) is 41.7 Å². The fourth-order valence-corrected chi connectivity index (χ4v) is 2.52. The van der Waals surface area contributed by atoms with E-state index in [1.54, 1.807) is 0 Å². The molecule has 1 unspecified atom stereocenters. The molecule has 1 aliphatic carbocycles. The van der Waals surface area contributed by atoms with E-state index in [1.165, 1.54) is 12.8 Å². The fourth-order valence-electron chi connectivity index (χ4n) is 1.77. The van der Waals surface area contributed by atoms with E-state index in [-0.39, 0.29) is 11.5 Å². The highest BCUT2D eigenvalue weighted by Crippen LogP contribution is 2.33. The minimum atomic E-state index is 0.0497. The number of halogens is 2. The van der Waals surface area contributed by atoms with Crippen LogP contribution in [-0.4, -0.2) is 17.6 Å². The SMILES string of the molecule is CC(C)(C)C(N)Cc1cc(OCC2CC2)c(Cl)nc1Br. The second-order valence-corrected chi connectivity index (χ2v) is 7.77. The van der Waals surface area contributed by atoms with Gasteiger partial charge in [0.2, 0.25) is 0 Å². The maximum atomic E-state index is 6.25. The lowest BCUT2D eigenvalue weighted by Crippen LogP contribution is -2.37. The molecule has 0 aromatic carbocycles. The first kappa shape index (κ1) is 16.1. The van der Waals surface area contributed by atoms with Gasteiger partial charge in [-0.25, -0.2) is 4.98 Å². The van der Waals surface area contributed by atoms with Crippen molar-refractivity contribution in [2.45, 2.75) is 46.1 Å². The Labute approximate surface area is 134 Å². The summed E-state index contributed by atoms with van der Waals surface area (Å²) in [6.07, 6.45) is 3.25. The summed E-state index contributed by atoms with van der Waals surface area (Å²) < 4.78 is 6.52. The van der Waals surface area contributed by atoms with Gasteiger partial charge >= 0.3 is 0 Å². The van der Waals surface area contributed by atoms with Crippen molar-refractivity contribution >= 4 is 27.5 Å². The summed E-state index contributed by atoms with van der Waals surface area (Å²) in [7, 11) is 0. The molecule has 20 heavy (non-hydrogen) atoms. The molecule has 0 spiro atoms. The molecule has 1 fully saturated rings. The summed E-state index contributed by atoms with van der Waals surface area (Å²) in [5.74, 6) is 1.35. The molecule has 0 bridgehead atoms. The average Bonchev–Trinajstić information content (AvgIpc) is 3.13. The minimum Gasteiger partial charge on any atom is -0.490 e. The molecule has 2 rings (SSSR count). The van der Waals surface area contributed by atoms with Gasteiger partial charge in [0, 0.05) is 6.04 Å². The smallest absolute Gasteiger partial charge is 0.172 e. The fraction of sp³-hybridized carbons (Fsp3) is 0.667. The number of hydrogen-bond donors (Lipinski definition) is 1. The Morgan fingerprint density at radius 2 is 2.15 bits per heavy atom. The van der Waals surface area contributed by atoms with Crippen molar-refractivity contribution in [3.63, 3.8) is 0 Å². The average molecular weight is 362 g/mol. The lowest BCUT2D eigenvalue weighted by Gasteiger charge is -2.27. The van der Waals surface area contributed by atoms with Crippen LogP contribution < -0.4 is 10.5 Å². The van der Waals surface area contributed by atoms with Gasteiger partial charge < -0.3 is 10.5 Å². The third-order valence-corrected chi connectivity index (χ3v) is 4.65. The Hall–Kier alpha value is -0.320. The van der Waals surface area contributed by atoms with E-state index in [4.69, 9.17) is 22.1 Å². The Bertz CT molecular complexity index is 483. The molecule has 1 saturated carbocycles. The molecular weight excluding hydrogens is 340 g/mol. The predicted molar refractivity (Wildman–Crippen MR) is 86.3 cm³/mol. The predicted octanol–water partition coefficient (Wildman–Crippen LogP) is 4.20. The molecular formula is C15H22BrClN2O. The van der Waals surface area contributed by atoms with Crippen LogP contribution in [0.1, 0.15) is 39.2 Å². The number of nitrogens with zero attached hydrogens (tertiary/aromatic N) is 1. The maximum Gasteiger partial charge on any atom is 0.172 e. The highest BCUT2D eigenvalue weighted by atomic mass is 79.9. The molecule has 1 aromatic heterocycles. The van der Waals surface area contributed by atoms with Crippen LogP contribution in [0.15, 0.2) is 10.7 Å². The Kier molecular flexibility index (Phi) is 4.98. The third-order valence-electron chi connectivity index (χ3n) is 3.69. The van der Waals surface area contributed by atoms with E-state index >= 15 is 0 Å². The zero-order valence-corrected chi connectivity index (χ0v) is 14.6. The molecule has 0 aliphatic heterocycles. The van der Waals surface area contributed by atoms with Crippen molar-refractivity contribution in [3.8, 4) is 5.75 Å². The summed E-state index contributed by atoms with van der Waals surface area (Å²) in [6, 6.07) is 2.02. The monoisotopic (exact) mass is 360 g/mol. The highest BCUT2D eigenvalue weighted by Gasteiger charge is 2.24. The van der Waals surface area contributed by atoms with Crippen LogP contribution in [-0.2, 0) is 6.42 Å². The first-order valence-electron chi connectivity index (χ1n) is 7.00. The molecule has 0 saturated heterocycles. The molecule has 1 aromatic rings. The lowest BCUT2D eigenvalue weighted by atomic mass is 9.84. The Morgan fingerprint density at radius 3 is 2.70 bits per heavy atom. The second-order valence-electron chi connectivity index (χ2n) is 6.66. The molecule has 0 radical (unpaired) electrons. The zero-order valence-electron chi connectivity index (χ0n) is 12.2. The summed E-state index contributed by atoms with van der Waals surface area (Å²) >= 11 is 9.60. The number of nitrogens with two attached hydrogens (primary N) is 1. The van der Waals surface area contributed by atoms with Crippen molar-refractivity contribution in [2.75, 3.05) is 6.61 Å². The molecule has 0 amide bonds. The number of hydrogen-bond acceptors (Lipinski definition) is 3. The number of aromatic nitrogens is 1. The second kappa shape index (κ2) is 6.20. The van der Waals surface area contributed by atoms with Gasteiger partial charge in [-0.3, -0.25) is 0 Å². The van der Waals surface area contributed by atoms with Crippen LogP contribution in [0.5, 0.6) is 5.75 Å². The van der Waals surface area contributed by atoms with Crippen LogP contribution in [0.2, 0.25) is 5.15 Å². The van der Waals surface area contributed by atoms with Crippen molar-refractivity contribution in [1.29, 1.82) is 0 Å². The Balaban J connectivity index is 2.12. The number of rotatable bonds is 5. The quantitative estimate of drug-likeness (QED) is 0.799. The van der Waals surface area contributed by atoms with E-state index in [0.29, 0.717) is 16.8 Å². The van der Waals surface area contributed by atoms with Gasteiger partial charge in [0.25, 0.3) is 0 Å². The molecule has 112 valence electrons. The maximum absolute atomic E-state index is 6.25. The van der Waals surface area contributed by atoms with Gasteiger partial charge in [0.1, 0.15) is 4.60 Å². The van der Waals surface area contributed by atoms with E-state index in [0.717, 1.165) is 23.2 Å². The molecule has 3 nitrogen and oxygen atoms in total. The molecule has 1 aliphatic rings. The number of pyridine rings is 1. The van der Waals surface area contributed by atoms with Crippen molar-refractivity contribution < 1.29 is 4.74 Å². The minimum absolute atomic E-state index is 0.0497. The van der Waals surface area contributed by atoms with Crippen LogP contribution in [0.25, 0.3) is 0 Å². The van der Waals surface area contributed by atoms with Gasteiger partial charge in [-0.1, -0.05) is 32.4 Å². The van der Waals surface area contributed by atoms with E-state index < -0.39 is 0 Å². The van der Waals surface area contributed by atoms with E-state index in [1.807, 2.05) is 6.07 Å². The lowest BCUT2D eigenvalue weighted by molar-refractivity contribution is 0.296. The van der Waals surface area contributed by atoms with Crippen LogP contribution in [0.4, 0.5) is 0 Å². The first-order valence-corrected chi connectivity index (χ1v) is 8.17. The third kappa shape index (κ3) is 4.34. The van der Waals surface area contributed by atoms with Crippen molar-refractivity contribution in [3.05, 3.63) is 21.4 Å². The largest absolute Gasteiger partial charge is 0.490 e. The van der Waals surface area contributed by atoms with Gasteiger partial charge in [-0.05, 0) is 58.2 Å². The zero-order chi connectivity index (χ0) is 14.9. The first-order chi connectivity index (χ1) is 9.27. The van der Waals surface area contributed by atoms with Crippen LogP contribution in [0.3, 0.4) is 0 Å². The molecule has 1 heterocycles. The summed E-state index contributed by atoms with van der Waals surface area (Å²) in [6.45, 7) is 7.14. The van der Waals surface area contributed by atoms with Crippen LogP contribution >= 0.6 is 27.5 Å². The van der Waals surface area contributed by atoms with Crippen molar-refractivity contribution in [2.24, 2.45) is 17.1 Å². The molecule has 1 atom stereocenters. The normalized spacial score (nSPS) is 17.1. The van der Waals surface area contributed by atoms with E-state index in [9.17, 15) is 0 Å². The Morgan fingerprint density at radius 1 is 1.50 bits per heavy atom.